The van der Waals surface area contributed by atoms with E-state index in [0.29, 0.717) is 10.6 Å². The summed E-state index contributed by atoms with van der Waals surface area (Å²) >= 11 is 10.3. The van der Waals surface area contributed by atoms with E-state index in [9.17, 15) is 4.79 Å². The first-order valence-corrected chi connectivity index (χ1v) is 6.80. The number of hydrogen-bond acceptors (Lipinski definition) is 2. The summed E-state index contributed by atoms with van der Waals surface area (Å²) in [6.07, 6.45) is 0. The lowest BCUT2D eigenvalue weighted by Crippen LogP contribution is -2.30. The minimum Gasteiger partial charge on any atom is -0.348 e. The van der Waals surface area contributed by atoms with Gasteiger partial charge in [-0.25, -0.2) is 0 Å². The van der Waals surface area contributed by atoms with E-state index in [1.807, 2.05) is 0 Å². The molecule has 0 atom stereocenters. The van der Waals surface area contributed by atoms with Crippen molar-refractivity contribution in [1.29, 1.82) is 0 Å². The zero-order valence-electron chi connectivity index (χ0n) is 11.0. The minimum atomic E-state index is -0.125. The second kappa shape index (κ2) is 4.17. The Bertz CT molecular complexity index is 497. The topological polar surface area (TPSA) is 29.1 Å². The van der Waals surface area contributed by atoms with Crippen molar-refractivity contribution in [3.63, 3.8) is 0 Å². The van der Waals surface area contributed by atoms with Gasteiger partial charge >= 0.3 is 0 Å². The number of carbonyl (C=O) groups excluding carboxylic acids is 1. The zero-order valence-corrected chi connectivity index (χ0v) is 12.7. The van der Waals surface area contributed by atoms with E-state index >= 15 is 0 Å². The molecule has 1 saturated carbocycles. The highest BCUT2D eigenvalue weighted by molar-refractivity contribution is 7.80. The normalized spacial score (nSPS) is 20.6. The van der Waals surface area contributed by atoms with E-state index in [2.05, 4.69) is 45.6 Å². The van der Waals surface area contributed by atoms with Gasteiger partial charge in [-0.1, -0.05) is 39.3 Å². The van der Waals surface area contributed by atoms with Crippen LogP contribution in [0, 0.1) is 10.8 Å². The maximum absolute atomic E-state index is 12.2. The van der Waals surface area contributed by atoms with Gasteiger partial charge in [-0.05, 0) is 29.0 Å². The molecule has 0 unspecified atom stereocenters. The molecule has 0 radical (unpaired) electrons. The molecule has 1 amide bonds. The molecule has 1 fully saturated rings. The Kier molecular flexibility index (Phi) is 3.19. The Hall–Kier alpha value is -0.670. The van der Waals surface area contributed by atoms with Gasteiger partial charge in [-0.2, -0.15) is 0 Å². The molecular formula is C14H18ClNOS. The molecule has 1 aliphatic carbocycles. The van der Waals surface area contributed by atoms with Gasteiger partial charge in [0.25, 0.3) is 5.91 Å². The first-order chi connectivity index (χ1) is 8.18. The van der Waals surface area contributed by atoms with E-state index in [4.69, 9.17) is 11.6 Å². The predicted molar refractivity (Wildman–Crippen MR) is 77.5 cm³/mol. The van der Waals surface area contributed by atoms with Crippen LogP contribution in [0.15, 0.2) is 23.1 Å². The average Bonchev–Trinajstić information content (AvgIpc) is 2.64. The summed E-state index contributed by atoms with van der Waals surface area (Å²) in [7, 11) is 0. The van der Waals surface area contributed by atoms with Crippen molar-refractivity contribution in [3.8, 4) is 0 Å². The third-order valence-electron chi connectivity index (χ3n) is 4.49. The third kappa shape index (κ3) is 2.04. The highest BCUT2D eigenvalue weighted by atomic mass is 35.5. The molecule has 1 aromatic carbocycles. The van der Waals surface area contributed by atoms with Crippen molar-refractivity contribution in [3.05, 3.63) is 28.8 Å². The van der Waals surface area contributed by atoms with Crippen LogP contribution in [0.2, 0.25) is 5.02 Å². The van der Waals surface area contributed by atoms with E-state index in [-0.39, 0.29) is 22.8 Å². The third-order valence-corrected chi connectivity index (χ3v) is 5.10. The molecule has 4 heteroatoms. The summed E-state index contributed by atoms with van der Waals surface area (Å²) in [4.78, 5) is 12.9. The van der Waals surface area contributed by atoms with Crippen molar-refractivity contribution >= 4 is 30.1 Å². The van der Waals surface area contributed by atoms with Gasteiger partial charge in [0.1, 0.15) is 0 Å². The average molecular weight is 284 g/mol. The summed E-state index contributed by atoms with van der Waals surface area (Å²) in [5.74, 6) is -0.125. The fourth-order valence-electron chi connectivity index (χ4n) is 2.45. The summed E-state index contributed by atoms with van der Waals surface area (Å²) in [6.45, 7) is 8.65. The zero-order chi connectivity index (χ0) is 13.7. The summed E-state index contributed by atoms with van der Waals surface area (Å²) in [6, 6.07) is 5.34. The van der Waals surface area contributed by atoms with Gasteiger partial charge in [-0.15, -0.1) is 12.6 Å². The highest BCUT2D eigenvalue weighted by Crippen LogP contribution is 2.62. The SMILES string of the molecule is CC1(C)C(NC(=O)c2cc(S)ccc2Cl)C1(C)C. The lowest BCUT2D eigenvalue weighted by Gasteiger charge is -2.08. The maximum Gasteiger partial charge on any atom is 0.253 e. The number of nitrogens with one attached hydrogen (secondary N) is 1. The standard InChI is InChI=1S/C14H18ClNOS/c1-13(2)12(14(13,3)4)16-11(17)9-7-8(18)5-6-10(9)15/h5-7,12,18H,1-4H3,(H,16,17). The second-order valence-electron chi connectivity index (χ2n) is 6.01. The quantitative estimate of drug-likeness (QED) is 0.795. The van der Waals surface area contributed by atoms with Gasteiger partial charge in [0.2, 0.25) is 0 Å². The number of rotatable bonds is 2. The van der Waals surface area contributed by atoms with Crippen LogP contribution in [0.5, 0.6) is 0 Å². The summed E-state index contributed by atoms with van der Waals surface area (Å²) in [5.41, 5.74) is 0.726. The molecule has 0 aromatic heterocycles. The molecule has 0 saturated heterocycles. The maximum atomic E-state index is 12.2. The first-order valence-electron chi connectivity index (χ1n) is 5.97. The first kappa shape index (κ1) is 13.8. The fourth-order valence-corrected chi connectivity index (χ4v) is 2.86. The Morgan fingerprint density at radius 1 is 1.28 bits per heavy atom. The van der Waals surface area contributed by atoms with Gasteiger partial charge in [0.15, 0.2) is 0 Å². The van der Waals surface area contributed by atoms with Gasteiger partial charge < -0.3 is 5.32 Å². The van der Waals surface area contributed by atoms with E-state index in [0.717, 1.165) is 4.90 Å². The van der Waals surface area contributed by atoms with Crippen molar-refractivity contribution in [2.24, 2.45) is 10.8 Å². The van der Waals surface area contributed by atoms with Crippen molar-refractivity contribution in [2.75, 3.05) is 0 Å². The molecule has 18 heavy (non-hydrogen) atoms. The molecule has 0 spiro atoms. The fraction of sp³-hybridized carbons (Fsp3) is 0.500. The minimum absolute atomic E-state index is 0.119. The van der Waals surface area contributed by atoms with Gasteiger partial charge in [-0.3, -0.25) is 4.79 Å². The number of thiol groups is 1. The molecule has 1 N–H and O–H groups in total. The second-order valence-corrected chi connectivity index (χ2v) is 6.94. The molecule has 2 rings (SSSR count). The molecule has 2 nitrogen and oxygen atoms in total. The van der Waals surface area contributed by atoms with Gasteiger partial charge in [0, 0.05) is 10.9 Å². The molecular weight excluding hydrogens is 266 g/mol. The van der Waals surface area contributed by atoms with Crippen LogP contribution >= 0.6 is 24.2 Å². The van der Waals surface area contributed by atoms with Crippen LogP contribution in [-0.4, -0.2) is 11.9 Å². The van der Waals surface area contributed by atoms with E-state index in [1.165, 1.54) is 0 Å². The van der Waals surface area contributed by atoms with Crippen molar-refractivity contribution in [2.45, 2.75) is 38.6 Å². The lowest BCUT2D eigenvalue weighted by atomic mass is 10.0. The Labute approximate surface area is 119 Å². The summed E-state index contributed by atoms with van der Waals surface area (Å²) in [5, 5.41) is 3.52. The number of benzene rings is 1. The molecule has 1 aromatic rings. The van der Waals surface area contributed by atoms with Crippen LogP contribution < -0.4 is 5.32 Å². The van der Waals surface area contributed by atoms with Crippen LogP contribution in [-0.2, 0) is 0 Å². The largest absolute Gasteiger partial charge is 0.348 e. The Morgan fingerprint density at radius 3 is 2.33 bits per heavy atom. The van der Waals surface area contributed by atoms with Crippen LogP contribution in [0.1, 0.15) is 38.1 Å². The number of hydrogen-bond donors (Lipinski definition) is 2. The Morgan fingerprint density at radius 2 is 1.83 bits per heavy atom. The predicted octanol–water partition coefficient (Wildman–Crippen LogP) is 3.79. The highest BCUT2D eigenvalue weighted by Gasteiger charge is 2.65. The van der Waals surface area contributed by atoms with Crippen LogP contribution in [0.25, 0.3) is 0 Å². The lowest BCUT2D eigenvalue weighted by molar-refractivity contribution is 0.0943. The number of carbonyl (C=O) groups is 1. The molecule has 98 valence electrons. The van der Waals surface area contributed by atoms with Gasteiger partial charge in [0.05, 0.1) is 10.6 Å². The Balaban J connectivity index is 2.17. The van der Waals surface area contributed by atoms with Crippen molar-refractivity contribution < 1.29 is 4.79 Å². The monoisotopic (exact) mass is 283 g/mol. The van der Waals surface area contributed by atoms with Crippen molar-refractivity contribution in [1.82, 2.24) is 5.32 Å². The van der Waals surface area contributed by atoms with E-state index < -0.39 is 0 Å². The molecule has 1 aliphatic rings. The number of halogens is 1. The van der Waals surface area contributed by atoms with Crippen LogP contribution in [0.3, 0.4) is 0 Å². The van der Waals surface area contributed by atoms with Crippen LogP contribution in [0.4, 0.5) is 0 Å². The smallest absolute Gasteiger partial charge is 0.253 e. The summed E-state index contributed by atoms with van der Waals surface area (Å²) < 4.78 is 0. The molecule has 0 heterocycles. The molecule has 0 bridgehead atoms. The molecule has 0 aliphatic heterocycles. The number of amides is 1. The van der Waals surface area contributed by atoms with E-state index in [1.54, 1.807) is 18.2 Å².